The molecule has 0 saturated heterocycles. The van der Waals surface area contributed by atoms with E-state index in [1.165, 1.54) is 13.0 Å². The van der Waals surface area contributed by atoms with E-state index in [-0.39, 0.29) is 12.7 Å². The summed E-state index contributed by atoms with van der Waals surface area (Å²) in [4.78, 5) is 36.2. The van der Waals surface area contributed by atoms with Crippen LogP contribution in [0, 0.1) is 17.2 Å². The predicted molar refractivity (Wildman–Crippen MR) is 97.5 cm³/mol. The number of hydrogen-bond donors (Lipinski definition) is 2. The average molecular weight is 389 g/mol. The first kappa shape index (κ1) is 21.0. The molecule has 0 aromatic heterocycles. The smallest absolute Gasteiger partial charge is 0.326 e. The van der Waals surface area contributed by atoms with Gasteiger partial charge in [-0.1, -0.05) is 13.8 Å². The van der Waals surface area contributed by atoms with Crippen LogP contribution in [0.1, 0.15) is 38.1 Å². The highest BCUT2D eigenvalue weighted by Gasteiger charge is 2.32. The van der Waals surface area contributed by atoms with Crippen LogP contribution in [0.3, 0.4) is 0 Å². The van der Waals surface area contributed by atoms with Crippen LogP contribution in [-0.4, -0.2) is 42.8 Å². The number of carbonyl (C=O) groups excluding carboxylic acids is 3. The summed E-state index contributed by atoms with van der Waals surface area (Å²) < 4.78 is 15.4. The van der Waals surface area contributed by atoms with Gasteiger partial charge in [-0.25, -0.2) is 0 Å². The predicted octanol–water partition coefficient (Wildman–Crippen LogP) is 1.13. The van der Waals surface area contributed by atoms with Gasteiger partial charge in [0.15, 0.2) is 17.6 Å². The molecule has 150 valence electrons. The van der Waals surface area contributed by atoms with Gasteiger partial charge in [0.1, 0.15) is 12.1 Å². The van der Waals surface area contributed by atoms with Crippen molar-refractivity contribution in [1.29, 1.82) is 5.26 Å². The molecule has 2 unspecified atom stereocenters. The highest BCUT2D eigenvalue weighted by Crippen LogP contribution is 2.32. The van der Waals surface area contributed by atoms with E-state index in [1.54, 1.807) is 32.9 Å². The third kappa shape index (κ3) is 4.91. The Labute approximate surface area is 162 Å². The van der Waals surface area contributed by atoms with Crippen molar-refractivity contribution in [3.8, 4) is 17.6 Å². The van der Waals surface area contributed by atoms with Crippen LogP contribution in [0.2, 0.25) is 0 Å². The Hall–Kier alpha value is -3.28. The summed E-state index contributed by atoms with van der Waals surface area (Å²) in [5.74, 6) is -1.00. The SMILES string of the molecule is CC(OC(=O)CNC(=O)c1ccc2c(c1)OCO2)C(=O)NC(C)(C#N)C(C)C. The molecule has 0 radical (unpaired) electrons. The highest BCUT2D eigenvalue weighted by molar-refractivity contribution is 5.96. The normalized spacial score (nSPS) is 15.1. The third-order valence-electron chi connectivity index (χ3n) is 4.48. The van der Waals surface area contributed by atoms with Crippen molar-refractivity contribution < 1.29 is 28.6 Å². The molecule has 1 aliphatic rings. The van der Waals surface area contributed by atoms with Gasteiger partial charge in [0.05, 0.1) is 6.07 Å². The van der Waals surface area contributed by atoms with Crippen molar-refractivity contribution in [3.63, 3.8) is 0 Å². The molecule has 9 heteroatoms. The molecule has 2 amide bonds. The van der Waals surface area contributed by atoms with Gasteiger partial charge in [-0.15, -0.1) is 0 Å². The van der Waals surface area contributed by atoms with Crippen molar-refractivity contribution in [2.75, 3.05) is 13.3 Å². The van der Waals surface area contributed by atoms with E-state index in [9.17, 15) is 19.6 Å². The zero-order valence-electron chi connectivity index (χ0n) is 16.2. The van der Waals surface area contributed by atoms with Gasteiger partial charge in [0, 0.05) is 5.56 Å². The summed E-state index contributed by atoms with van der Waals surface area (Å²) in [6.45, 7) is 6.26. The van der Waals surface area contributed by atoms with Crippen LogP contribution >= 0.6 is 0 Å². The minimum Gasteiger partial charge on any atom is -0.454 e. The lowest BCUT2D eigenvalue weighted by Crippen LogP contribution is -2.52. The van der Waals surface area contributed by atoms with Gasteiger partial charge in [0.2, 0.25) is 6.79 Å². The van der Waals surface area contributed by atoms with E-state index in [0.717, 1.165) is 0 Å². The van der Waals surface area contributed by atoms with Gasteiger partial charge in [-0.2, -0.15) is 5.26 Å². The molecule has 9 nitrogen and oxygen atoms in total. The van der Waals surface area contributed by atoms with E-state index in [0.29, 0.717) is 17.1 Å². The Kier molecular flexibility index (Phi) is 6.46. The van der Waals surface area contributed by atoms with E-state index >= 15 is 0 Å². The van der Waals surface area contributed by atoms with Gasteiger partial charge >= 0.3 is 5.97 Å². The second-order valence-electron chi connectivity index (χ2n) is 6.84. The zero-order chi connectivity index (χ0) is 20.9. The van der Waals surface area contributed by atoms with E-state index in [2.05, 4.69) is 10.6 Å². The molecule has 0 aliphatic carbocycles. The number of ether oxygens (including phenoxy) is 3. The first-order chi connectivity index (χ1) is 13.2. The highest BCUT2D eigenvalue weighted by atomic mass is 16.7. The molecule has 1 heterocycles. The molecule has 2 atom stereocenters. The standard InChI is InChI=1S/C19H23N3O6/c1-11(2)19(4,9-20)22-17(24)12(3)28-16(23)8-21-18(25)13-5-6-14-15(7-13)27-10-26-14/h5-7,11-12H,8,10H2,1-4H3,(H,21,25)(H,22,24). The molecule has 1 aliphatic heterocycles. The van der Waals surface area contributed by atoms with Crippen molar-refractivity contribution in [1.82, 2.24) is 10.6 Å². The second-order valence-corrected chi connectivity index (χ2v) is 6.84. The van der Waals surface area contributed by atoms with Crippen molar-refractivity contribution in [3.05, 3.63) is 23.8 Å². The number of nitrogens with zero attached hydrogens (tertiary/aromatic N) is 1. The summed E-state index contributed by atoms with van der Waals surface area (Å²) in [6.07, 6.45) is -1.11. The Balaban J connectivity index is 1.84. The fourth-order valence-electron chi connectivity index (χ4n) is 2.24. The molecule has 28 heavy (non-hydrogen) atoms. The van der Waals surface area contributed by atoms with Gasteiger partial charge < -0.3 is 24.8 Å². The summed E-state index contributed by atoms with van der Waals surface area (Å²) in [5, 5.41) is 14.2. The quantitative estimate of drug-likeness (QED) is 0.669. The molecule has 0 bridgehead atoms. The number of benzene rings is 1. The topological polar surface area (TPSA) is 127 Å². The van der Waals surface area contributed by atoms with Crippen LogP contribution in [0.25, 0.3) is 0 Å². The number of amides is 2. The van der Waals surface area contributed by atoms with Crippen LogP contribution in [0.5, 0.6) is 11.5 Å². The summed E-state index contributed by atoms with van der Waals surface area (Å²) in [5.41, 5.74) is -0.782. The molecule has 0 fully saturated rings. The number of hydrogen-bond acceptors (Lipinski definition) is 7. The third-order valence-corrected chi connectivity index (χ3v) is 4.48. The number of carbonyl (C=O) groups is 3. The maximum absolute atomic E-state index is 12.2. The summed E-state index contributed by atoms with van der Waals surface area (Å²) in [6, 6.07) is 6.69. The number of fused-ring (bicyclic) bond motifs is 1. The molecule has 0 spiro atoms. The Morgan fingerprint density at radius 3 is 2.57 bits per heavy atom. The maximum atomic E-state index is 12.2. The molecular weight excluding hydrogens is 366 g/mol. The van der Waals surface area contributed by atoms with Crippen LogP contribution < -0.4 is 20.1 Å². The molecule has 0 saturated carbocycles. The van der Waals surface area contributed by atoms with E-state index < -0.39 is 36.0 Å². The monoisotopic (exact) mass is 389 g/mol. The lowest BCUT2D eigenvalue weighted by molar-refractivity contribution is -0.154. The summed E-state index contributed by atoms with van der Waals surface area (Å²) >= 11 is 0. The van der Waals surface area contributed by atoms with Crippen molar-refractivity contribution in [2.24, 2.45) is 5.92 Å². The number of nitriles is 1. The Morgan fingerprint density at radius 2 is 1.93 bits per heavy atom. The zero-order valence-corrected chi connectivity index (χ0v) is 16.2. The molecular formula is C19H23N3O6. The first-order valence-corrected chi connectivity index (χ1v) is 8.77. The summed E-state index contributed by atoms with van der Waals surface area (Å²) in [7, 11) is 0. The minimum atomic E-state index is -1.11. The number of rotatable bonds is 7. The van der Waals surface area contributed by atoms with E-state index in [1.807, 2.05) is 6.07 Å². The second kappa shape index (κ2) is 8.61. The maximum Gasteiger partial charge on any atom is 0.326 e. The van der Waals surface area contributed by atoms with Crippen LogP contribution in [0.4, 0.5) is 0 Å². The van der Waals surface area contributed by atoms with Gasteiger partial charge in [-0.3, -0.25) is 14.4 Å². The number of nitrogens with one attached hydrogen (secondary N) is 2. The fourth-order valence-corrected chi connectivity index (χ4v) is 2.24. The molecule has 2 N–H and O–H groups in total. The first-order valence-electron chi connectivity index (χ1n) is 8.77. The van der Waals surface area contributed by atoms with Crippen molar-refractivity contribution >= 4 is 17.8 Å². The molecule has 2 rings (SSSR count). The molecule has 1 aromatic carbocycles. The van der Waals surface area contributed by atoms with Crippen LogP contribution in [-0.2, 0) is 14.3 Å². The van der Waals surface area contributed by atoms with Gasteiger partial charge in [0.25, 0.3) is 11.8 Å². The fraction of sp³-hybridized carbons (Fsp3) is 0.474. The molecule has 1 aromatic rings. The lowest BCUT2D eigenvalue weighted by atomic mass is 9.90. The largest absolute Gasteiger partial charge is 0.454 e. The number of esters is 1. The van der Waals surface area contributed by atoms with E-state index in [4.69, 9.17) is 14.2 Å². The van der Waals surface area contributed by atoms with Gasteiger partial charge in [-0.05, 0) is 38.0 Å². The Morgan fingerprint density at radius 1 is 1.25 bits per heavy atom. The average Bonchev–Trinajstić information content (AvgIpc) is 3.13. The minimum absolute atomic E-state index is 0.0916. The lowest BCUT2D eigenvalue weighted by Gasteiger charge is -2.28. The van der Waals surface area contributed by atoms with Crippen molar-refractivity contribution in [2.45, 2.75) is 39.3 Å². The van der Waals surface area contributed by atoms with Crippen LogP contribution in [0.15, 0.2) is 18.2 Å². The Bertz CT molecular complexity index is 816.